The van der Waals surface area contributed by atoms with Gasteiger partial charge in [0.25, 0.3) is 0 Å². The summed E-state index contributed by atoms with van der Waals surface area (Å²) in [6.07, 6.45) is 0.761. The number of imide groups is 1. The van der Waals surface area contributed by atoms with Crippen molar-refractivity contribution >= 4 is 11.9 Å². The molecule has 1 aromatic rings. The average molecular weight is 236 g/mol. The summed E-state index contributed by atoms with van der Waals surface area (Å²) in [6, 6.07) is 6.10. The lowest BCUT2D eigenvalue weighted by Gasteiger charge is -2.26. The number of nitrogens with one attached hydrogen (secondary N) is 1. The molecule has 1 heterocycles. The molecule has 2 rings (SSSR count). The van der Waals surface area contributed by atoms with Crippen molar-refractivity contribution in [1.29, 1.82) is 0 Å². The first-order valence-electron chi connectivity index (χ1n) is 5.49. The summed E-state index contributed by atoms with van der Waals surface area (Å²) in [7, 11) is 0. The highest BCUT2D eigenvalue weighted by atomic mass is 19.1. The Morgan fingerprint density at radius 3 is 2.76 bits per heavy atom. The van der Waals surface area contributed by atoms with Crippen molar-refractivity contribution in [2.45, 2.75) is 12.8 Å². The molecule has 90 valence electrons. The number of nitrogens with zero attached hydrogens (tertiary/aromatic N) is 1. The van der Waals surface area contributed by atoms with E-state index in [1.807, 2.05) is 0 Å². The van der Waals surface area contributed by atoms with E-state index >= 15 is 0 Å². The fourth-order valence-corrected chi connectivity index (χ4v) is 1.77. The van der Waals surface area contributed by atoms with Crippen LogP contribution in [0.4, 0.5) is 9.18 Å². The van der Waals surface area contributed by atoms with Gasteiger partial charge < -0.3 is 4.90 Å². The van der Waals surface area contributed by atoms with E-state index in [0.717, 1.165) is 0 Å². The Balaban J connectivity index is 1.92. The van der Waals surface area contributed by atoms with Gasteiger partial charge in [0, 0.05) is 19.5 Å². The van der Waals surface area contributed by atoms with Gasteiger partial charge in [-0.25, -0.2) is 9.18 Å². The van der Waals surface area contributed by atoms with Crippen molar-refractivity contribution < 1.29 is 14.0 Å². The Bertz CT molecular complexity index is 448. The minimum atomic E-state index is -0.391. The van der Waals surface area contributed by atoms with Crippen LogP contribution >= 0.6 is 0 Å². The van der Waals surface area contributed by atoms with Crippen LogP contribution in [0.15, 0.2) is 24.3 Å². The maximum absolute atomic E-state index is 13.3. The van der Waals surface area contributed by atoms with E-state index < -0.39 is 6.03 Å². The van der Waals surface area contributed by atoms with Gasteiger partial charge in [-0.1, -0.05) is 18.2 Å². The van der Waals surface area contributed by atoms with Crippen LogP contribution in [0.3, 0.4) is 0 Å². The predicted molar refractivity (Wildman–Crippen MR) is 59.8 cm³/mol. The van der Waals surface area contributed by atoms with Crippen molar-refractivity contribution in [2.24, 2.45) is 0 Å². The number of rotatable bonds is 3. The molecule has 0 bridgehead atoms. The van der Waals surface area contributed by atoms with E-state index in [0.29, 0.717) is 31.5 Å². The van der Waals surface area contributed by atoms with E-state index in [1.165, 1.54) is 11.0 Å². The molecule has 0 saturated carbocycles. The quantitative estimate of drug-likeness (QED) is 0.860. The van der Waals surface area contributed by atoms with Crippen molar-refractivity contribution in [2.75, 3.05) is 13.1 Å². The van der Waals surface area contributed by atoms with E-state index in [4.69, 9.17) is 0 Å². The molecule has 1 saturated heterocycles. The molecule has 3 amide bonds. The molecule has 1 N–H and O–H groups in total. The van der Waals surface area contributed by atoms with Gasteiger partial charge in [0.1, 0.15) is 5.82 Å². The molecular formula is C12H13FN2O2. The lowest BCUT2D eigenvalue weighted by molar-refractivity contribution is -0.121. The van der Waals surface area contributed by atoms with Crippen molar-refractivity contribution in [3.05, 3.63) is 35.6 Å². The normalized spacial score (nSPS) is 15.9. The third-order valence-electron chi connectivity index (χ3n) is 2.75. The first kappa shape index (κ1) is 11.6. The molecule has 1 aliphatic heterocycles. The van der Waals surface area contributed by atoms with E-state index in [-0.39, 0.29) is 11.7 Å². The molecule has 0 aromatic heterocycles. The number of urea groups is 1. The lowest BCUT2D eigenvalue weighted by Crippen LogP contribution is -2.49. The van der Waals surface area contributed by atoms with Crippen molar-refractivity contribution in [3.63, 3.8) is 0 Å². The molecule has 1 aliphatic rings. The number of hydrogen-bond donors (Lipinski definition) is 1. The fourth-order valence-electron chi connectivity index (χ4n) is 1.77. The Morgan fingerprint density at radius 2 is 2.06 bits per heavy atom. The second-order valence-electron chi connectivity index (χ2n) is 3.93. The summed E-state index contributed by atoms with van der Waals surface area (Å²) in [6.45, 7) is 0.819. The van der Waals surface area contributed by atoms with E-state index in [1.54, 1.807) is 18.2 Å². The standard InChI is InChI=1S/C12H13FN2O2/c13-10-4-2-1-3-9(10)5-7-15-8-6-11(16)14-12(15)17/h1-4H,5-8H2,(H,14,16,17). The van der Waals surface area contributed by atoms with Crippen LogP contribution in [0.2, 0.25) is 0 Å². The van der Waals surface area contributed by atoms with Gasteiger partial charge in [0.15, 0.2) is 0 Å². The van der Waals surface area contributed by atoms with Gasteiger partial charge in [-0.2, -0.15) is 0 Å². The zero-order valence-corrected chi connectivity index (χ0v) is 9.28. The third-order valence-corrected chi connectivity index (χ3v) is 2.75. The summed E-state index contributed by atoms with van der Waals surface area (Å²) >= 11 is 0. The monoisotopic (exact) mass is 236 g/mol. The number of hydrogen-bond acceptors (Lipinski definition) is 2. The number of benzene rings is 1. The maximum Gasteiger partial charge on any atom is 0.324 e. The predicted octanol–water partition coefficient (Wildman–Crippen LogP) is 1.31. The Hall–Kier alpha value is -1.91. The molecule has 1 aromatic carbocycles. The first-order valence-corrected chi connectivity index (χ1v) is 5.49. The highest BCUT2D eigenvalue weighted by molar-refractivity contribution is 5.96. The number of carbonyl (C=O) groups is 2. The number of carbonyl (C=O) groups excluding carboxylic acids is 2. The zero-order chi connectivity index (χ0) is 12.3. The highest BCUT2D eigenvalue weighted by Crippen LogP contribution is 2.09. The Morgan fingerprint density at radius 1 is 1.29 bits per heavy atom. The minimum absolute atomic E-state index is 0.253. The molecule has 1 fully saturated rings. The molecule has 4 nitrogen and oxygen atoms in total. The second kappa shape index (κ2) is 4.95. The van der Waals surface area contributed by atoms with Crippen LogP contribution in [0.5, 0.6) is 0 Å². The Kier molecular flexibility index (Phi) is 3.37. The molecule has 0 spiro atoms. The molecule has 17 heavy (non-hydrogen) atoms. The van der Waals surface area contributed by atoms with Gasteiger partial charge in [-0.3, -0.25) is 10.1 Å². The topological polar surface area (TPSA) is 49.4 Å². The average Bonchev–Trinajstić information content (AvgIpc) is 2.30. The summed E-state index contributed by atoms with van der Waals surface area (Å²) in [5.41, 5.74) is 0.581. The maximum atomic E-state index is 13.3. The van der Waals surface area contributed by atoms with E-state index in [2.05, 4.69) is 5.32 Å². The zero-order valence-electron chi connectivity index (χ0n) is 9.28. The Labute approximate surface area is 98.4 Å². The third kappa shape index (κ3) is 2.81. The van der Waals surface area contributed by atoms with Crippen LogP contribution in [0, 0.1) is 5.82 Å². The molecule has 0 radical (unpaired) electrons. The van der Waals surface area contributed by atoms with E-state index in [9.17, 15) is 14.0 Å². The van der Waals surface area contributed by atoms with Crippen LogP contribution < -0.4 is 5.32 Å². The highest BCUT2D eigenvalue weighted by Gasteiger charge is 2.22. The summed E-state index contributed by atoms with van der Waals surface area (Å²) in [5.74, 6) is -0.516. The van der Waals surface area contributed by atoms with Gasteiger partial charge in [-0.05, 0) is 18.1 Å². The number of halogens is 1. The molecule has 0 atom stereocenters. The largest absolute Gasteiger partial charge is 0.324 e. The molecule has 0 unspecified atom stereocenters. The smallest absolute Gasteiger partial charge is 0.324 e. The summed E-state index contributed by atoms with van der Waals surface area (Å²) < 4.78 is 13.3. The minimum Gasteiger partial charge on any atom is -0.324 e. The van der Waals surface area contributed by atoms with Gasteiger partial charge in [0.05, 0.1) is 0 Å². The van der Waals surface area contributed by atoms with Crippen LogP contribution in [-0.4, -0.2) is 29.9 Å². The van der Waals surface area contributed by atoms with Gasteiger partial charge in [-0.15, -0.1) is 0 Å². The van der Waals surface area contributed by atoms with Crippen molar-refractivity contribution in [3.8, 4) is 0 Å². The van der Waals surface area contributed by atoms with Gasteiger partial charge >= 0.3 is 6.03 Å². The second-order valence-corrected chi connectivity index (χ2v) is 3.93. The fraction of sp³-hybridized carbons (Fsp3) is 0.333. The molecule has 0 aliphatic carbocycles. The van der Waals surface area contributed by atoms with Crippen LogP contribution in [0.1, 0.15) is 12.0 Å². The molecule has 5 heteroatoms. The first-order chi connectivity index (χ1) is 8.16. The SMILES string of the molecule is O=C1CCN(CCc2ccccc2F)C(=O)N1. The lowest BCUT2D eigenvalue weighted by atomic mass is 10.1. The summed E-state index contributed by atoms with van der Waals surface area (Å²) in [5, 5.41) is 2.23. The van der Waals surface area contributed by atoms with Gasteiger partial charge in [0.2, 0.25) is 5.91 Å². The number of amides is 3. The van der Waals surface area contributed by atoms with Crippen LogP contribution in [-0.2, 0) is 11.2 Å². The molecular weight excluding hydrogens is 223 g/mol. The van der Waals surface area contributed by atoms with Crippen LogP contribution in [0.25, 0.3) is 0 Å². The van der Waals surface area contributed by atoms with Crippen molar-refractivity contribution in [1.82, 2.24) is 10.2 Å². The summed E-state index contributed by atoms with van der Waals surface area (Å²) in [4.78, 5) is 23.9.